The average molecular weight is 1340 g/mol. The van der Waals surface area contributed by atoms with Gasteiger partial charge in [0.05, 0.1) is 70.6 Å². The van der Waals surface area contributed by atoms with Crippen LogP contribution >= 0.6 is 0 Å². The minimum absolute atomic E-state index is 0.215. The van der Waals surface area contributed by atoms with E-state index in [1.165, 1.54) is 0 Å². The van der Waals surface area contributed by atoms with Crippen LogP contribution in [-0.4, -0.2) is 119 Å². The summed E-state index contributed by atoms with van der Waals surface area (Å²) in [6.07, 6.45) is 22.1. The molecule has 3 rings (SSSR count). The fraction of sp³-hybridized carbons (Fsp3) is 0.600. The van der Waals surface area contributed by atoms with Crippen LogP contribution in [0.2, 0.25) is 0 Å². The Morgan fingerprint density at radius 3 is 0.760 bits per heavy atom. The van der Waals surface area contributed by atoms with Crippen LogP contribution in [0.3, 0.4) is 0 Å². The SMILES string of the molecule is C=C(C)C(=O)OCCCCCC(=O)OCCCCCC(=O)OCCCCCC(=O)OCCCCCC(=O)OCCCCCC(=O)OCCCCCC(=O)OCCCCCC(=O)OCCCCCCCCOc1ccc(C(=O)Oc2ccc(OC(=O)c3ccc(C)cc3)cc2)cc1. The molecule has 0 heterocycles. The molecule has 0 radical (unpaired) electrons. The van der Waals surface area contributed by atoms with Crippen molar-refractivity contribution in [3.05, 3.63) is 102 Å². The predicted octanol–water partition coefficient (Wildman–Crippen LogP) is 15.0. The summed E-state index contributed by atoms with van der Waals surface area (Å²) < 4.78 is 58.9. The molecule has 21 nitrogen and oxygen atoms in total. The van der Waals surface area contributed by atoms with E-state index in [-0.39, 0.29) is 80.9 Å². The van der Waals surface area contributed by atoms with Gasteiger partial charge in [-0.1, -0.05) is 50.0 Å². The first-order valence-electron chi connectivity index (χ1n) is 34.8. The van der Waals surface area contributed by atoms with Gasteiger partial charge in [0.2, 0.25) is 0 Å². The zero-order valence-electron chi connectivity index (χ0n) is 57.1. The summed E-state index contributed by atoms with van der Waals surface area (Å²) in [4.78, 5) is 121. The lowest BCUT2D eigenvalue weighted by molar-refractivity contribution is -0.146. The molecule has 0 unspecified atom stereocenters. The molecule has 0 fully saturated rings. The number of unbranched alkanes of at least 4 members (excludes halogenated alkanes) is 19. The van der Waals surface area contributed by atoms with E-state index in [1.54, 1.807) is 67.6 Å². The van der Waals surface area contributed by atoms with Gasteiger partial charge in [0.25, 0.3) is 0 Å². The van der Waals surface area contributed by atoms with E-state index in [0.29, 0.717) is 189 Å². The normalized spacial score (nSPS) is 10.8. The summed E-state index contributed by atoms with van der Waals surface area (Å²) in [7, 11) is 0. The van der Waals surface area contributed by atoms with E-state index < -0.39 is 17.9 Å². The van der Waals surface area contributed by atoms with Gasteiger partial charge in [-0.15, -0.1) is 0 Å². The summed E-state index contributed by atoms with van der Waals surface area (Å²) in [5.41, 5.74) is 2.22. The molecule has 0 amide bonds. The van der Waals surface area contributed by atoms with Crippen LogP contribution in [0.15, 0.2) is 84.9 Å². The van der Waals surface area contributed by atoms with Gasteiger partial charge in [0.15, 0.2) is 0 Å². The molecular weight excluding hydrogens is 1240 g/mol. The van der Waals surface area contributed by atoms with Crippen molar-refractivity contribution in [2.75, 3.05) is 59.5 Å². The molecule has 532 valence electrons. The van der Waals surface area contributed by atoms with Crippen LogP contribution in [0.1, 0.15) is 252 Å². The Bertz CT molecular complexity index is 2720. The summed E-state index contributed by atoms with van der Waals surface area (Å²) in [6.45, 7) is 10.1. The monoisotopic (exact) mass is 1340 g/mol. The molecule has 0 bridgehead atoms. The van der Waals surface area contributed by atoms with Crippen molar-refractivity contribution in [1.29, 1.82) is 0 Å². The lowest BCUT2D eigenvalue weighted by atomic mass is 10.1. The van der Waals surface area contributed by atoms with Gasteiger partial charge < -0.3 is 52.1 Å². The lowest BCUT2D eigenvalue weighted by Gasteiger charge is -2.09. The molecule has 0 aromatic heterocycles. The van der Waals surface area contributed by atoms with Gasteiger partial charge in [0, 0.05) is 50.5 Å². The third-order valence-electron chi connectivity index (χ3n) is 15.0. The first-order valence-corrected chi connectivity index (χ1v) is 34.8. The van der Waals surface area contributed by atoms with Gasteiger partial charge in [0.1, 0.15) is 17.2 Å². The summed E-state index contributed by atoms with van der Waals surface area (Å²) >= 11 is 0. The van der Waals surface area contributed by atoms with Crippen molar-refractivity contribution < 1.29 is 100 Å². The van der Waals surface area contributed by atoms with Gasteiger partial charge in [-0.25, -0.2) is 14.4 Å². The van der Waals surface area contributed by atoms with Crippen molar-refractivity contribution in [1.82, 2.24) is 0 Å². The largest absolute Gasteiger partial charge is 0.494 e. The fourth-order valence-electron chi connectivity index (χ4n) is 9.32. The third-order valence-corrected chi connectivity index (χ3v) is 15.0. The molecule has 0 saturated carbocycles. The standard InChI is InChI=1S/C75H106O21/c1-59(2)73(83)94-58-30-14-21-37-72(82)93-57-29-13-20-36-71(81)92-56-28-12-19-35-70(80)91-55-27-11-18-34-69(79)90-54-26-10-17-33-68(78)89-53-25-9-16-32-67(77)88-52-24-8-15-31-66(76)87-51-23-7-5-4-6-22-50-86-63-44-42-62(43-45-63)75(85)96-65-48-46-64(47-49-65)95-74(84)61-40-38-60(3)39-41-61/h38-49H,1,4-37,50-58H2,2-3H3. The van der Waals surface area contributed by atoms with Gasteiger partial charge in [-0.2, -0.15) is 0 Å². The Morgan fingerprint density at radius 1 is 0.271 bits per heavy atom. The van der Waals surface area contributed by atoms with E-state index in [1.807, 2.05) is 19.1 Å². The van der Waals surface area contributed by atoms with Gasteiger partial charge in [-0.3, -0.25) is 33.6 Å². The number of esters is 10. The minimum Gasteiger partial charge on any atom is -0.494 e. The molecule has 0 aliphatic rings. The second kappa shape index (κ2) is 54.1. The van der Waals surface area contributed by atoms with E-state index in [9.17, 15) is 47.9 Å². The fourth-order valence-corrected chi connectivity index (χ4v) is 9.32. The van der Waals surface area contributed by atoms with Crippen molar-refractivity contribution in [2.45, 2.75) is 232 Å². The molecule has 3 aromatic carbocycles. The first kappa shape index (κ1) is 82.1. The number of carbonyl (C=O) groups excluding carboxylic acids is 10. The zero-order chi connectivity index (χ0) is 69.5. The molecule has 0 spiro atoms. The highest BCUT2D eigenvalue weighted by molar-refractivity contribution is 5.92. The highest BCUT2D eigenvalue weighted by Gasteiger charge is 2.14. The first-order chi connectivity index (χ1) is 46.6. The molecule has 3 aromatic rings. The van der Waals surface area contributed by atoms with Crippen molar-refractivity contribution >= 4 is 59.7 Å². The minimum atomic E-state index is -0.520. The number of rotatable bonds is 57. The molecule has 0 aliphatic heterocycles. The summed E-state index contributed by atoms with van der Waals surface area (Å²) in [5, 5.41) is 0. The van der Waals surface area contributed by atoms with E-state index in [4.69, 9.17) is 52.1 Å². The van der Waals surface area contributed by atoms with Gasteiger partial charge in [-0.05, 0) is 222 Å². The van der Waals surface area contributed by atoms with Crippen LogP contribution in [0, 0.1) is 6.92 Å². The Labute approximate surface area is 568 Å². The Balaban J connectivity index is 0.977. The predicted molar refractivity (Wildman–Crippen MR) is 359 cm³/mol. The highest BCUT2D eigenvalue weighted by Crippen LogP contribution is 2.22. The number of hydrogen-bond donors (Lipinski definition) is 0. The second-order valence-corrected chi connectivity index (χ2v) is 23.7. The number of aryl methyl sites for hydroxylation is 1. The summed E-state index contributed by atoms with van der Waals surface area (Å²) in [5.74, 6) is -1.94. The van der Waals surface area contributed by atoms with Crippen LogP contribution in [0.5, 0.6) is 17.2 Å². The van der Waals surface area contributed by atoms with Crippen molar-refractivity contribution in [3.63, 3.8) is 0 Å². The highest BCUT2D eigenvalue weighted by atomic mass is 16.6. The zero-order valence-corrected chi connectivity index (χ0v) is 57.1. The topological polar surface area (TPSA) is 272 Å². The smallest absolute Gasteiger partial charge is 0.343 e. The number of hydrogen-bond acceptors (Lipinski definition) is 21. The number of benzene rings is 3. The number of carbonyl (C=O) groups is 10. The molecule has 0 aliphatic carbocycles. The molecule has 96 heavy (non-hydrogen) atoms. The number of ether oxygens (including phenoxy) is 11. The third kappa shape index (κ3) is 44.5. The Morgan fingerprint density at radius 2 is 0.490 bits per heavy atom. The molecule has 0 atom stereocenters. The van der Waals surface area contributed by atoms with Crippen LogP contribution in [-0.2, 0) is 76.3 Å². The Kier molecular flexibility index (Phi) is 46.3. The van der Waals surface area contributed by atoms with E-state index in [2.05, 4.69) is 6.58 Å². The maximum atomic E-state index is 12.7. The molecule has 21 heteroatoms. The van der Waals surface area contributed by atoms with Crippen LogP contribution < -0.4 is 14.2 Å². The second-order valence-electron chi connectivity index (χ2n) is 23.7. The quantitative estimate of drug-likeness (QED) is 0.0167. The maximum absolute atomic E-state index is 12.7. The van der Waals surface area contributed by atoms with Crippen LogP contribution in [0.25, 0.3) is 0 Å². The summed E-state index contributed by atoms with van der Waals surface area (Å²) in [6, 6.07) is 20.1. The van der Waals surface area contributed by atoms with Crippen LogP contribution in [0.4, 0.5) is 0 Å². The van der Waals surface area contributed by atoms with E-state index in [0.717, 1.165) is 89.0 Å². The lowest BCUT2D eigenvalue weighted by Crippen LogP contribution is -2.09. The van der Waals surface area contributed by atoms with Gasteiger partial charge >= 0.3 is 59.7 Å². The van der Waals surface area contributed by atoms with Crippen molar-refractivity contribution in [3.8, 4) is 17.2 Å². The average Bonchev–Trinajstić information content (AvgIpc) is 1.25. The van der Waals surface area contributed by atoms with Crippen molar-refractivity contribution in [2.24, 2.45) is 0 Å². The molecule has 0 saturated heterocycles. The molecule has 0 N–H and O–H groups in total. The maximum Gasteiger partial charge on any atom is 0.343 e. The van der Waals surface area contributed by atoms with E-state index >= 15 is 0 Å². The molecular formula is C75H106O21. The Hall–Kier alpha value is -8.10.